The van der Waals surface area contributed by atoms with E-state index in [1.807, 2.05) is 59.2 Å². The number of piperazine rings is 1. The van der Waals surface area contributed by atoms with Crippen LogP contribution in [0.1, 0.15) is 53.8 Å². The van der Waals surface area contributed by atoms with Crippen LogP contribution in [0.4, 0.5) is 11.5 Å². The molecule has 4 aromatic rings. The number of para-hydroxylation sites is 1. The number of hydrogen-bond acceptors (Lipinski definition) is 7. The third kappa shape index (κ3) is 6.88. The number of rotatable bonds is 12. The minimum absolute atomic E-state index is 0.213. The molecule has 11 nitrogen and oxygen atoms in total. The molecule has 0 radical (unpaired) electrons. The van der Waals surface area contributed by atoms with E-state index in [0.717, 1.165) is 72.5 Å². The van der Waals surface area contributed by atoms with Crippen molar-refractivity contribution in [2.75, 3.05) is 35.4 Å². The molecule has 1 saturated carbocycles. The zero-order valence-corrected chi connectivity index (χ0v) is 26.6. The molecule has 1 aliphatic heterocycles. The topological polar surface area (TPSA) is 132 Å². The molecule has 0 spiro atoms. The van der Waals surface area contributed by atoms with Gasteiger partial charge in [-0.15, -0.1) is 0 Å². The lowest BCUT2D eigenvalue weighted by atomic mass is 10.0. The Morgan fingerprint density at radius 2 is 1.67 bits per heavy atom. The van der Waals surface area contributed by atoms with E-state index in [2.05, 4.69) is 21.7 Å². The van der Waals surface area contributed by atoms with Gasteiger partial charge in [0.15, 0.2) is 5.69 Å². The number of imidazole rings is 1. The summed E-state index contributed by atoms with van der Waals surface area (Å²) in [4.78, 5) is 39.3. The highest BCUT2D eigenvalue weighted by atomic mass is 32.2. The van der Waals surface area contributed by atoms with Crippen molar-refractivity contribution in [3.63, 3.8) is 0 Å². The molecule has 1 amide bonds. The lowest BCUT2D eigenvalue weighted by Crippen LogP contribution is -2.46. The Kier molecular flexibility index (Phi) is 9.57. The van der Waals surface area contributed by atoms with Crippen LogP contribution in [0.5, 0.6) is 0 Å². The number of carboxylic acids is 1. The van der Waals surface area contributed by atoms with Gasteiger partial charge in [-0.3, -0.25) is 14.2 Å². The number of hydrogen-bond donors (Lipinski definition) is 2. The van der Waals surface area contributed by atoms with Gasteiger partial charge in [-0.2, -0.15) is 0 Å². The molecule has 2 aliphatic rings. The van der Waals surface area contributed by atoms with Crippen LogP contribution in [0.15, 0.2) is 72.9 Å². The van der Waals surface area contributed by atoms with Gasteiger partial charge in [-0.1, -0.05) is 55.5 Å². The first kappa shape index (κ1) is 31.6. The highest BCUT2D eigenvalue weighted by molar-refractivity contribution is 7.81. The number of carbonyl (C=O) groups excluding carboxylic acids is 1. The first-order chi connectivity index (χ1) is 22.3. The third-order valence-electron chi connectivity index (χ3n) is 8.53. The van der Waals surface area contributed by atoms with Gasteiger partial charge < -0.3 is 14.6 Å². The number of nitrogens with zero attached hydrogens (tertiary/aromatic N) is 6. The van der Waals surface area contributed by atoms with E-state index in [-0.39, 0.29) is 17.5 Å². The van der Waals surface area contributed by atoms with Crippen molar-refractivity contribution in [2.24, 2.45) is 5.92 Å². The fraction of sp³-hybridized carbons (Fsp3) is 0.353. The van der Waals surface area contributed by atoms with Crippen molar-refractivity contribution in [3.8, 4) is 11.1 Å². The molecular weight excluding hydrogens is 604 g/mol. The molecule has 2 aromatic carbocycles. The Morgan fingerprint density at radius 1 is 0.957 bits per heavy atom. The molecule has 240 valence electrons. The number of aromatic carboxylic acids is 1. The van der Waals surface area contributed by atoms with Crippen molar-refractivity contribution in [1.29, 1.82) is 0 Å². The Hall–Kier alpha value is -4.39. The standard InChI is InChI=1S/C34H38N6O5S/c1-2-7-31-36-28(23-37-18-20-38(21-19-37)30-10-5-6-17-35-30)32(34(42)43)39(31)22-24-11-13-25(14-12-24)27-8-3-4-9-29(27)40(46(44)45)33(41)26-15-16-26/h3-6,8-14,17,26H,2,7,15-16,18-23H2,1H3,(H,42,43)(H,44,45). The normalized spacial score (nSPS) is 15.9. The van der Waals surface area contributed by atoms with E-state index in [4.69, 9.17) is 4.98 Å². The van der Waals surface area contributed by atoms with Crippen molar-refractivity contribution in [3.05, 3.63) is 95.7 Å². The van der Waals surface area contributed by atoms with Crippen LogP contribution in [-0.2, 0) is 35.6 Å². The second kappa shape index (κ2) is 13.9. The summed E-state index contributed by atoms with van der Waals surface area (Å²) in [5.41, 5.74) is 3.50. The maximum Gasteiger partial charge on any atom is 0.354 e. The minimum Gasteiger partial charge on any atom is -0.477 e. The third-order valence-corrected chi connectivity index (χ3v) is 9.21. The molecule has 2 N–H and O–H groups in total. The molecule has 0 bridgehead atoms. The van der Waals surface area contributed by atoms with Crippen LogP contribution in [-0.4, -0.2) is 71.4 Å². The van der Waals surface area contributed by atoms with Crippen LogP contribution in [0.25, 0.3) is 11.1 Å². The predicted octanol–water partition coefficient (Wildman–Crippen LogP) is 4.85. The lowest BCUT2D eigenvalue weighted by Gasteiger charge is -2.35. The number of carboxylic acid groups (broad SMARTS) is 1. The van der Waals surface area contributed by atoms with E-state index in [1.165, 1.54) is 0 Å². The molecule has 1 aliphatic carbocycles. The lowest BCUT2D eigenvalue weighted by molar-refractivity contribution is -0.118. The summed E-state index contributed by atoms with van der Waals surface area (Å²) >= 11 is -2.49. The summed E-state index contributed by atoms with van der Waals surface area (Å²) in [5.74, 6) is 0.130. The van der Waals surface area contributed by atoms with Gasteiger partial charge in [0, 0.05) is 63.4 Å². The van der Waals surface area contributed by atoms with E-state index in [0.29, 0.717) is 36.5 Å². The monoisotopic (exact) mass is 642 g/mol. The summed E-state index contributed by atoms with van der Waals surface area (Å²) in [6.45, 7) is 6.02. The number of aryl methyl sites for hydroxylation is 1. The smallest absolute Gasteiger partial charge is 0.354 e. The predicted molar refractivity (Wildman–Crippen MR) is 177 cm³/mol. The van der Waals surface area contributed by atoms with Crippen LogP contribution < -0.4 is 9.21 Å². The van der Waals surface area contributed by atoms with Gasteiger partial charge in [0.25, 0.3) is 11.3 Å². The molecular formula is C34H38N6O5S. The van der Waals surface area contributed by atoms with Crippen molar-refractivity contribution in [2.45, 2.75) is 45.7 Å². The van der Waals surface area contributed by atoms with E-state index in [1.54, 1.807) is 18.3 Å². The number of aromatic nitrogens is 3. The fourth-order valence-electron chi connectivity index (χ4n) is 6.02. The van der Waals surface area contributed by atoms with Crippen molar-refractivity contribution >= 4 is 34.6 Å². The van der Waals surface area contributed by atoms with Crippen molar-refractivity contribution in [1.82, 2.24) is 19.4 Å². The molecule has 1 saturated heterocycles. The summed E-state index contributed by atoms with van der Waals surface area (Å²) in [7, 11) is 0. The molecule has 12 heteroatoms. The fourth-order valence-corrected chi connectivity index (χ4v) is 6.65. The Morgan fingerprint density at radius 3 is 2.30 bits per heavy atom. The molecule has 1 unspecified atom stereocenters. The maximum atomic E-state index is 12.9. The van der Waals surface area contributed by atoms with Crippen molar-refractivity contribution < 1.29 is 23.5 Å². The van der Waals surface area contributed by atoms with Gasteiger partial charge in [0.2, 0.25) is 5.91 Å². The molecule has 6 rings (SSSR count). The van der Waals surface area contributed by atoms with Gasteiger partial charge in [0.05, 0.1) is 11.4 Å². The highest BCUT2D eigenvalue weighted by Gasteiger charge is 2.37. The number of amides is 1. The molecule has 46 heavy (non-hydrogen) atoms. The Labute approximate surface area is 270 Å². The second-order valence-corrected chi connectivity index (χ2v) is 12.6. The van der Waals surface area contributed by atoms with E-state index >= 15 is 0 Å². The zero-order valence-electron chi connectivity index (χ0n) is 25.8. The quantitative estimate of drug-likeness (QED) is 0.208. The highest BCUT2D eigenvalue weighted by Crippen LogP contribution is 2.37. The Bertz CT molecular complexity index is 1720. The average molecular weight is 643 g/mol. The first-order valence-electron chi connectivity index (χ1n) is 15.7. The second-order valence-electron chi connectivity index (χ2n) is 11.8. The van der Waals surface area contributed by atoms with Gasteiger partial charge in [-0.05, 0) is 48.6 Å². The number of anilines is 2. The minimum atomic E-state index is -2.49. The summed E-state index contributed by atoms with van der Waals surface area (Å²) in [6, 6.07) is 20.6. The largest absolute Gasteiger partial charge is 0.477 e. The van der Waals surface area contributed by atoms with Gasteiger partial charge in [0.1, 0.15) is 11.6 Å². The van der Waals surface area contributed by atoms with Gasteiger partial charge >= 0.3 is 5.97 Å². The summed E-state index contributed by atoms with van der Waals surface area (Å²) < 4.78 is 25.0. The summed E-state index contributed by atoms with van der Waals surface area (Å²) in [5, 5.41) is 10.4. The number of carbonyl (C=O) groups is 2. The molecule has 1 atom stereocenters. The molecule has 2 fully saturated rings. The van der Waals surface area contributed by atoms with Gasteiger partial charge in [-0.25, -0.2) is 23.3 Å². The zero-order chi connectivity index (χ0) is 32.2. The van der Waals surface area contributed by atoms with Crippen LogP contribution in [0.3, 0.4) is 0 Å². The molecule has 3 heterocycles. The Balaban J connectivity index is 1.22. The number of pyridine rings is 1. The van der Waals surface area contributed by atoms with Crippen LogP contribution in [0, 0.1) is 5.92 Å². The first-order valence-corrected chi connectivity index (χ1v) is 16.7. The summed E-state index contributed by atoms with van der Waals surface area (Å²) in [6.07, 6.45) is 4.72. The molecule has 2 aromatic heterocycles. The number of benzene rings is 2. The SMILES string of the molecule is CCCc1nc(CN2CCN(c3ccccn3)CC2)c(C(=O)O)n1Cc1ccc(-c2ccccc2N(C(=O)C2CC2)S(=O)O)cc1. The average Bonchev–Trinajstić information content (AvgIpc) is 3.86. The van der Waals surface area contributed by atoms with E-state index in [9.17, 15) is 23.5 Å². The van der Waals surface area contributed by atoms with E-state index < -0.39 is 17.2 Å². The van der Waals surface area contributed by atoms with Crippen LogP contribution >= 0.6 is 0 Å². The van der Waals surface area contributed by atoms with Crippen LogP contribution in [0.2, 0.25) is 0 Å². The maximum absolute atomic E-state index is 12.9.